The van der Waals surface area contributed by atoms with E-state index in [1.54, 1.807) is 30.3 Å². The van der Waals surface area contributed by atoms with Crippen molar-refractivity contribution in [3.05, 3.63) is 89.8 Å². The largest absolute Gasteiger partial charge is 0.494 e. The van der Waals surface area contributed by atoms with Crippen molar-refractivity contribution in [3.8, 4) is 5.75 Å². The van der Waals surface area contributed by atoms with Crippen LogP contribution in [0.15, 0.2) is 67.3 Å². The van der Waals surface area contributed by atoms with Gasteiger partial charge in [-0.3, -0.25) is 14.9 Å². The molecule has 1 fully saturated rings. The number of benzene rings is 1. The first-order chi connectivity index (χ1) is 14.4. The number of aromatic nitrogens is 2. The van der Waals surface area contributed by atoms with Gasteiger partial charge in [0, 0.05) is 41.5 Å². The fourth-order valence-electron chi connectivity index (χ4n) is 3.97. The number of rotatable bonds is 6. The number of halogens is 3. The summed E-state index contributed by atoms with van der Waals surface area (Å²) in [5, 5.41) is 12.1. The predicted octanol–water partition coefficient (Wildman–Crippen LogP) is 3.55. The maximum absolute atomic E-state index is 15.3. The standard InChI is InChI=1S/C22H20F3N3O2/c1-30-18-8-2-7-17(19(18)23)20(28-13-21(24,25)14-28)22(29,15-5-3-9-26-11-15)16-6-4-10-27-12-16/h2-12,20,29H,13-14H2,1H3. The van der Waals surface area contributed by atoms with Crippen LogP contribution in [0.25, 0.3) is 0 Å². The molecule has 0 aliphatic carbocycles. The van der Waals surface area contributed by atoms with Crippen LogP contribution >= 0.6 is 0 Å². The summed E-state index contributed by atoms with van der Waals surface area (Å²) < 4.78 is 48.1. The molecule has 156 valence electrons. The molecule has 8 heteroatoms. The van der Waals surface area contributed by atoms with Gasteiger partial charge in [-0.25, -0.2) is 13.2 Å². The molecule has 0 saturated carbocycles. The normalized spacial score (nSPS) is 17.2. The Bertz CT molecular complexity index is 971. The van der Waals surface area contributed by atoms with Gasteiger partial charge in [0.05, 0.1) is 26.2 Å². The van der Waals surface area contributed by atoms with Crippen LogP contribution in [0.5, 0.6) is 5.75 Å². The Morgan fingerprint density at radius 3 is 2.10 bits per heavy atom. The van der Waals surface area contributed by atoms with Crippen LogP contribution in [0.1, 0.15) is 22.7 Å². The number of hydrogen-bond acceptors (Lipinski definition) is 5. The van der Waals surface area contributed by atoms with Crippen molar-refractivity contribution in [1.29, 1.82) is 0 Å². The van der Waals surface area contributed by atoms with Gasteiger partial charge >= 0.3 is 0 Å². The van der Waals surface area contributed by atoms with E-state index in [1.165, 1.54) is 48.9 Å². The number of alkyl halides is 2. The van der Waals surface area contributed by atoms with Gasteiger partial charge in [-0.05, 0) is 18.2 Å². The average molecular weight is 415 g/mol. The summed E-state index contributed by atoms with van der Waals surface area (Å²) in [5.74, 6) is -3.67. The minimum Gasteiger partial charge on any atom is -0.494 e. The van der Waals surface area contributed by atoms with E-state index in [1.807, 2.05) is 0 Å². The Labute approximate surface area is 171 Å². The Morgan fingerprint density at radius 2 is 1.63 bits per heavy atom. The highest BCUT2D eigenvalue weighted by atomic mass is 19.3. The number of ether oxygens (including phenoxy) is 1. The molecule has 3 heterocycles. The van der Waals surface area contributed by atoms with Gasteiger partial charge in [-0.2, -0.15) is 0 Å². The van der Waals surface area contributed by atoms with Crippen molar-refractivity contribution >= 4 is 0 Å². The van der Waals surface area contributed by atoms with Gasteiger partial charge in [-0.15, -0.1) is 0 Å². The number of likely N-dealkylation sites (tertiary alicyclic amines) is 1. The molecular formula is C22H20F3N3O2. The zero-order valence-electron chi connectivity index (χ0n) is 16.2. The quantitative estimate of drug-likeness (QED) is 0.667. The van der Waals surface area contributed by atoms with Crippen molar-refractivity contribution < 1.29 is 23.0 Å². The van der Waals surface area contributed by atoms with Crippen LogP contribution in [-0.4, -0.2) is 46.1 Å². The second-order valence-corrected chi connectivity index (χ2v) is 7.28. The van der Waals surface area contributed by atoms with E-state index in [9.17, 15) is 13.9 Å². The monoisotopic (exact) mass is 415 g/mol. The maximum Gasteiger partial charge on any atom is 0.272 e. The van der Waals surface area contributed by atoms with Crippen LogP contribution < -0.4 is 4.74 Å². The third-order valence-electron chi connectivity index (χ3n) is 5.34. The van der Waals surface area contributed by atoms with Crippen LogP contribution in [0, 0.1) is 5.82 Å². The van der Waals surface area contributed by atoms with E-state index in [0.717, 1.165) is 0 Å². The van der Waals surface area contributed by atoms with Gasteiger partial charge in [0.15, 0.2) is 11.6 Å². The summed E-state index contributed by atoms with van der Waals surface area (Å²) in [6.45, 7) is -1.23. The molecule has 1 aromatic carbocycles. The molecule has 3 aromatic rings. The fraction of sp³-hybridized carbons (Fsp3) is 0.273. The number of aliphatic hydroxyl groups is 1. The smallest absolute Gasteiger partial charge is 0.272 e. The molecule has 0 bridgehead atoms. The van der Waals surface area contributed by atoms with Gasteiger partial charge in [0.1, 0.15) is 5.60 Å². The highest BCUT2D eigenvalue weighted by molar-refractivity contribution is 5.43. The first-order valence-corrected chi connectivity index (χ1v) is 9.34. The number of pyridine rings is 2. The first kappa shape index (κ1) is 20.3. The topological polar surface area (TPSA) is 58.5 Å². The molecule has 1 atom stereocenters. The molecule has 1 aliphatic rings. The molecule has 0 radical (unpaired) electrons. The van der Waals surface area contributed by atoms with Gasteiger partial charge in [-0.1, -0.05) is 24.3 Å². The molecule has 1 saturated heterocycles. The van der Waals surface area contributed by atoms with Crippen molar-refractivity contribution in [1.82, 2.24) is 14.9 Å². The molecule has 30 heavy (non-hydrogen) atoms. The molecule has 1 aliphatic heterocycles. The minimum atomic E-state index is -2.92. The lowest BCUT2D eigenvalue weighted by Crippen LogP contribution is -2.61. The van der Waals surface area contributed by atoms with Crippen LogP contribution in [0.3, 0.4) is 0 Å². The molecule has 2 aromatic heterocycles. The SMILES string of the molecule is COc1cccc(C(N2CC(F)(F)C2)C(O)(c2cccnc2)c2cccnc2)c1F. The van der Waals surface area contributed by atoms with E-state index in [-0.39, 0.29) is 11.3 Å². The fourth-order valence-corrected chi connectivity index (χ4v) is 3.97. The van der Waals surface area contributed by atoms with Crippen molar-refractivity contribution in [2.24, 2.45) is 0 Å². The summed E-state index contributed by atoms with van der Waals surface area (Å²) in [5.41, 5.74) is -1.19. The molecule has 0 amide bonds. The third-order valence-corrected chi connectivity index (χ3v) is 5.34. The third kappa shape index (κ3) is 3.42. The lowest BCUT2D eigenvalue weighted by molar-refractivity contribution is -0.175. The molecular weight excluding hydrogens is 395 g/mol. The molecule has 1 N–H and O–H groups in total. The van der Waals surface area contributed by atoms with Crippen molar-refractivity contribution in [2.45, 2.75) is 17.6 Å². The highest BCUT2D eigenvalue weighted by Gasteiger charge is 2.55. The lowest BCUT2D eigenvalue weighted by atomic mass is 9.76. The molecule has 5 nitrogen and oxygen atoms in total. The van der Waals surface area contributed by atoms with E-state index in [0.29, 0.717) is 11.1 Å². The highest BCUT2D eigenvalue weighted by Crippen LogP contribution is 2.49. The number of nitrogens with zero attached hydrogens (tertiary/aromatic N) is 3. The summed E-state index contributed by atoms with van der Waals surface area (Å²) in [6.07, 6.45) is 5.95. The minimum absolute atomic E-state index is 0.0375. The summed E-state index contributed by atoms with van der Waals surface area (Å²) in [4.78, 5) is 9.51. The van der Waals surface area contributed by atoms with E-state index < -0.39 is 36.5 Å². The number of methoxy groups -OCH3 is 1. The van der Waals surface area contributed by atoms with Crippen molar-refractivity contribution in [2.75, 3.05) is 20.2 Å². The number of hydrogen-bond donors (Lipinski definition) is 1. The summed E-state index contributed by atoms with van der Waals surface area (Å²) in [7, 11) is 1.32. The zero-order valence-corrected chi connectivity index (χ0v) is 16.2. The van der Waals surface area contributed by atoms with Gasteiger partial charge in [0.2, 0.25) is 0 Å². The maximum atomic E-state index is 15.3. The Hall–Kier alpha value is -2.97. The summed E-state index contributed by atoms with van der Waals surface area (Å²) >= 11 is 0. The Balaban J connectivity index is 1.96. The molecule has 4 rings (SSSR count). The first-order valence-electron chi connectivity index (χ1n) is 9.34. The van der Waals surface area contributed by atoms with E-state index >= 15 is 4.39 Å². The van der Waals surface area contributed by atoms with Gasteiger partial charge < -0.3 is 9.84 Å². The van der Waals surface area contributed by atoms with E-state index in [4.69, 9.17) is 4.74 Å². The van der Waals surface area contributed by atoms with Crippen LogP contribution in [-0.2, 0) is 5.60 Å². The Kier molecular flexibility index (Phi) is 5.21. The molecule has 1 unspecified atom stereocenters. The lowest BCUT2D eigenvalue weighted by Gasteiger charge is -2.50. The van der Waals surface area contributed by atoms with Gasteiger partial charge in [0.25, 0.3) is 5.92 Å². The second-order valence-electron chi connectivity index (χ2n) is 7.28. The second kappa shape index (κ2) is 7.70. The van der Waals surface area contributed by atoms with Crippen LogP contribution in [0.4, 0.5) is 13.2 Å². The average Bonchev–Trinajstić information content (AvgIpc) is 2.75. The van der Waals surface area contributed by atoms with E-state index in [2.05, 4.69) is 9.97 Å². The molecule has 0 spiro atoms. The summed E-state index contributed by atoms with van der Waals surface area (Å²) in [6, 6.07) is 9.81. The zero-order chi connectivity index (χ0) is 21.4. The van der Waals surface area contributed by atoms with Crippen molar-refractivity contribution in [3.63, 3.8) is 0 Å². The van der Waals surface area contributed by atoms with Crippen LogP contribution in [0.2, 0.25) is 0 Å². The Morgan fingerprint density at radius 1 is 1.03 bits per heavy atom. The predicted molar refractivity (Wildman–Crippen MR) is 104 cm³/mol.